The van der Waals surface area contributed by atoms with Gasteiger partial charge in [-0.3, -0.25) is 4.79 Å². The average molecular weight is 186 g/mol. The minimum atomic E-state index is -2.50. The van der Waals surface area contributed by atoms with Gasteiger partial charge in [0.1, 0.15) is 5.38 Å². The van der Waals surface area contributed by atoms with Crippen molar-refractivity contribution in [3.63, 3.8) is 0 Å². The van der Waals surface area contributed by atoms with Gasteiger partial charge < -0.3 is 4.90 Å². The summed E-state index contributed by atoms with van der Waals surface area (Å²) in [6.45, 7) is 0.891. The van der Waals surface area contributed by atoms with Crippen LogP contribution >= 0.6 is 11.6 Å². The number of carbonyl (C=O) groups excluding carboxylic acids is 1. The van der Waals surface area contributed by atoms with Gasteiger partial charge >= 0.3 is 0 Å². The van der Waals surface area contributed by atoms with Gasteiger partial charge in [-0.1, -0.05) is 0 Å². The molecule has 0 saturated carbocycles. The fourth-order valence-electron chi connectivity index (χ4n) is 0.601. The number of rotatable bonds is 3. The van der Waals surface area contributed by atoms with Crippen molar-refractivity contribution in [1.82, 2.24) is 4.90 Å². The summed E-state index contributed by atoms with van der Waals surface area (Å²) in [7, 11) is 1.30. The Morgan fingerprint density at radius 3 is 2.36 bits per heavy atom. The molecule has 0 aliphatic heterocycles. The van der Waals surface area contributed by atoms with Crippen molar-refractivity contribution in [2.24, 2.45) is 0 Å². The number of amides is 1. The van der Waals surface area contributed by atoms with Gasteiger partial charge in [-0.25, -0.2) is 8.78 Å². The van der Waals surface area contributed by atoms with Crippen LogP contribution in [0, 0.1) is 0 Å². The van der Waals surface area contributed by atoms with Crippen molar-refractivity contribution in [3.8, 4) is 0 Å². The summed E-state index contributed by atoms with van der Waals surface area (Å²) in [5, 5.41) is -0.737. The van der Waals surface area contributed by atoms with E-state index in [2.05, 4.69) is 0 Å². The third-order valence-electron chi connectivity index (χ3n) is 1.13. The lowest BCUT2D eigenvalue weighted by molar-refractivity contribution is -0.130. The van der Waals surface area contributed by atoms with E-state index in [4.69, 9.17) is 11.6 Å². The normalized spacial score (nSPS) is 13.3. The molecular weight excluding hydrogens is 176 g/mol. The molecule has 11 heavy (non-hydrogen) atoms. The Morgan fingerprint density at radius 2 is 2.09 bits per heavy atom. The Morgan fingerprint density at radius 1 is 1.64 bits per heavy atom. The maximum absolute atomic E-state index is 11.7. The molecule has 0 aromatic rings. The van der Waals surface area contributed by atoms with E-state index in [-0.39, 0.29) is 0 Å². The van der Waals surface area contributed by atoms with Crippen LogP contribution in [0.5, 0.6) is 0 Å². The summed E-state index contributed by atoms with van der Waals surface area (Å²) in [6, 6.07) is 0. The van der Waals surface area contributed by atoms with Crippen molar-refractivity contribution < 1.29 is 13.6 Å². The molecule has 0 heterocycles. The van der Waals surface area contributed by atoms with Crippen molar-refractivity contribution in [1.29, 1.82) is 0 Å². The van der Waals surface area contributed by atoms with Crippen LogP contribution in [0.4, 0.5) is 8.78 Å². The van der Waals surface area contributed by atoms with Crippen LogP contribution in [-0.4, -0.2) is 36.2 Å². The molecule has 0 fully saturated rings. The van der Waals surface area contributed by atoms with Crippen molar-refractivity contribution in [2.45, 2.75) is 18.7 Å². The highest BCUT2D eigenvalue weighted by atomic mass is 35.5. The van der Waals surface area contributed by atoms with Gasteiger partial charge in [0.2, 0.25) is 5.91 Å². The standard InChI is InChI=1S/C6H10ClF2NO/c1-4(7)6(11)10(2)3-5(8)9/h4-5H,3H2,1-2H3. The van der Waals surface area contributed by atoms with Gasteiger partial charge in [0.15, 0.2) is 0 Å². The number of halogens is 3. The summed E-state index contributed by atoms with van der Waals surface area (Å²) in [4.78, 5) is 11.8. The summed E-state index contributed by atoms with van der Waals surface area (Å²) in [5.41, 5.74) is 0. The molecule has 0 bridgehead atoms. The summed E-state index contributed by atoms with van der Waals surface area (Å²) in [5.74, 6) is -0.480. The monoisotopic (exact) mass is 185 g/mol. The smallest absolute Gasteiger partial charge is 0.255 e. The number of hydrogen-bond acceptors (Lipinski definition) is 1. The van der Waals surface area contributed by atoms with Gasteiger partial charge in [0, 0.05) is 7.05 Å². The molecule has 0 radical (unpaired) electrons. The third kappa shape index (κ3) is 4.14. The lowest BCUT2D eigenvalue weighted by atomic mass is 10.4. The van der Waals surface area contributed by atoms with E-state index in [1.54, 1.807) is 0 Å². The molecule has 1 atom stereocenters. The summed E-state index contributed by atoms with van der Waals surface area (Å²) >= 11 is 5.37. The summed E-state index contributed by atoms with van der Waals surface area (Å²) in [6.07, 6.45) is -2.50. The molecule has 5 heteroatoms. The largest absolute Gasteiger partial charge is 0.339 e. The second-order valence-corrected chi connectivity index (χ2v) is 2.88. The molecule has 0 N–H and O–H groups in total. The van der Waals surface area contributed by atoms with Crippen LogP contribution in [-0.2, 0) is 4.79 Å². The lowest BCUT2D eigenvalue weighted by Gasteiger charge is -2.17. The van der Waals surface area contributed by atoms with Gasteiger partial charge in [0.05, 0.1) is 6.54 Å². The first-order valence-corrected chi connectivity index (χ1v) is 3.56. The zero-order valence-electron chi connectivity index (χ0n) is 6.35. The molecule has 0 aromatic carbocycles. The molecule has 0 aliphatic carbocycles. The highest BCUT2D eigenvalue weighted by molar-refractivity contribution is 6.30. The molecule has 0 rings (SSSR count). The number of carbonyl (C=O) groups is 1. The highest BCUT2D eigenvalue weighted by Gasteiger charge is 2.17. The van der Waals surface area contributed by atoms with Crippen LogP contribution in [0.15, 0.2) is 0 Å². The Balaban J connectivity index is 3.83. The van der Waals surface area contributed by atoms with Gasteiger partial charge in [-0.15, -0.1) is 11.6 Å². The minimum Gasteiger partial charge on any atom is -0.339 e. The van der Waals surface area contributed by atoms with Crippen LogP contribution in [0.2, 0.25) is 0 Å². The Kier molecular flexibility index (Phi) is 4.33. The van der Waals surface area contributed by atoms with E-state index in [1.165, 1.54) is 14.0 Å². The van der Waals surface area contributed by atoms with Crippen LogP contribution in [0.1, 0.15) is 6.92 Å². The summed E-state index contributed by atoms with van der Waals surface area (Å²) < 4.78 is 23.3. The minimum absolute atomic E-state index is 0.480. The van der Waals surface area contributed by atoms with Crippen LogP contribution in [0.25, 0.3) is 0 Å². The Labute approximate surface area is 69.1 Å². The molecule has 0 aliphatic rings. The van der Waals surface area contributed by atoms with Gasteiger partial charge in [0.25, 0.3) is 6.43 Å². The quantitative estimate of drug-likeness (QED) is 0.608. The Hall–Kier alpha value is -0.380. The molecular formula is C6H10ClF2NO. The second kappa shape index (κ2) is 4.49. The number of alkyl halides is 3. The first kappa shape index (κ1) is 10.6. The van der Waals surface area contributed by atoms with E-state index >= 15 is 0 Å². The zero-order chi connectivity index (χ0) is 9.02. The zero-order valence-corrected chi connectivity index (χ0v) is 7.11. The number of hydrogen-bond donors (Lipinski definition) is 0. The van der Waals surface area contributed by atoms with Crippen LogP contribution in [0.3, 0.4) is 0 Å². The van der Waals surface area contributed by atoms with E-state index in [0.717, 1.165) is 4.90 Å². The molecule has 2 nitrogen and oxygen atoms in total. The van der Waals surface area contributed by atoms with Crippen LogP contribution < -0.4 is 0 Å². The van der Waals surface area contributed by atoms with E-state index in [1.807, 2.05) is 0 Å². The fourth-order valence-corrected chi connectivity index (χ4v) is 0.767. The fraction of sp³-hybridized carbons (Fsp3) is 0.833. The first-order chi connectivity index (χ1) is 4.95. The molecule has 0 saturated heterocycles. The molecule has 0 aromatic heterocycles. The first-order valence-electron chi connectivity index (χ1n) is 3.12. The third-order valence-corrected chi connectivity index (χ3v) is 1.32. The van der Waals surface area contributed by atoms with E-state index < -0.39 is 24.3 Å². The number of nitrogens with zero attached hydrogens (tertiary/aromatic N) is 1. The van der Waals surface area contributed by atoms with E-state index in [9.17, 15) is 13.6 Å². The van der Waals surface area contributed by atoms with Crippen molar-refractivity contribution in [3.05, 3.63) is 0 Å². The van der Waals surface area contributed by atoms with Gasteiger partial charge in [-0.2, -0.15) is 0 Å². The van der Waals surface area contributed by atoms with Crippen molar-refractivity contribution >= 4 is 17.5 Å². The molecule has 0 spiro atoms. The average Bonchev–Trinajstić information content (AvgIpc) is 1.84. The Bertz CT molecular complexity index is 141. The maximum atomic E-state index is 11.7. The van der Waals surface area contributed by atoms with E-state index in [0.29, 0.717) is 0 Å². The van der Waals surface area contributed by atoms with Gasteiger partial charge in [-0.05, 0) is 6.92 Å². The molecule has 66 valence electrons. The SMILES string of the molecule is CC(Cl)C(=O)N(C)CC(F)F. The predicted molar refractivity (Wildman–Crippen MR) is 39.0 cm³/mol. The molecule has 1 amide bonds. The predicted octanol–water partition coefficient (Wildman–Crippen LogP) is 1.34. The van der Waals surface area contributed by atoms with Crippen molar-refractivity contribution in [2.75, 3.05) is 13.6 Å². The second-order valence-electron chi connectivity index (χ2n) is 2.23. The molecule has 1 unspecified atom stereocenters. The lowest BCUT2D eigenvalue weighted by Crippen LogP contribution is -2.35. The topological polar surface area (TPSA) is 20.3 Å². The maximum Gasteiger partial charge on any atom is 0.255 e. The highest BCUT2D eigenvalue weighted by Crippen LogP contribution is 2.02.